The highest BCUT2D eigenvalue weighted by atomic mass is 32.1. The molecule has 1 aliphatic heterocycles. The van der Waals surface area contributed by atoms with Crippen molar-refractivity contribution in [2.75, 3.05) is 45.3 Å². The number of piperazine rings is 1. The van der Waals surface area contributed by atoms with Gasteiger partial charge in [-0.3, -0.25) is 4.79 Å². The molecule has 0 spiro atoms. The highest BCUT2D eigenvalue weighted by Gasteiger charge is 2.28. The Balaban J connectivity index is 1.29. The van der Waals surface area contributed by atoms with Gasteiger partial charge in [-0.05, 0) is 48.9 Å². The Hall–Kier alpha value is -3.65. The molecule has 1 saturated heterocycles. The number of nitrogens with zero attached hydrogens (tertiary/aromatic N) is 4. The molecule has 0 saturated carbocycles. The molecular weight excluding hydrogens is 508 g/mol. The number of fused-ring (bicyclic) bond motifs is 3. The highest BCUT2D eigenvalue weighted by molar-refractivity contribution is 7.19. The first-order chi connectivity index (χ1) is 19.1. The normalized spacial score (nSPS) is 15.6. The van der Waals surface area contributed by atoms with Crippen LogP contribution in [0.3, 0.4) is 0 Å². The number of carbonyl (C=O) groups excluding carboxylic acids is 1. The molecule has 7 nitrogen and oxygen atoms in total. The number of ether oxygens (including phenoxy) is 2. The number of hydrogen-bond acceptors (Lipinski definition) is 7. The van der Waals surface area contributed by atoms with E-state index in [2.05, 4.69) is 29.2 Å². The first kappa shape index (κ1) is 25.6. The summed E-state index contributed by atoms with van der Waals surface area (Å²) in [6.45, 7) is 2.72. The molecule has 3 heterocycles. The fourth-order valence-corrected chi connectivity index (χ4v) is 6.95. The monoisotopic (exact) mass is 542 g/mol. The second kappa shape index (κ2) is 11.2. The number of anilines is 1. The first-order valence-electron chi connectivity index (χ1n) is 13.8. The molecule has 4 aromatic rings. The fourth-order valence-electron chi connectivity index (χ4n) is 5.68. The third kappa shape index (κ3) is 5.30. The van der Waals surface area contributed by atoms with E-state index in [4.69, 9.17) is 19.4 Å². The SMILES string of the molecule is COc1cc(OC)cc(C(=O)N2CCN(c3nc(Cc4ccccc4)nc4sc5c(c34)CCCCC5)CC2)c1. The summed E-state index contributed by atoms with van der Waals surface area (Å²) in [5.74, 6) is 3.13. The minimum Gasteiger partial charge on any atom is -0.497 e. The van der Waals surface area contributed by atoms with Gasteiger partial charge in [0.1, 0.15) is 28.0 Å². The van der Waals surface area contributed by atoms with E-state index in [1.54, 1.807) is 32.4 Å². The Morgan fingerprint density at radius 2 is 1.62 bits per heavy atom. The number of rotatable bonds is 6. The van der Waals surface area contributed by atoms with Gasteiger partial charge in [0.05, 0.1) is 19.6 Å². The van der Waals surface area contributed by atoms with Crippen molar-refractivity contribution in [3.05, 3.63) is 75.9 Å². The van der Waals surface area contributed by atoms with Gasteiger partial charge in [-0.25, -0.2) is 9.97 Å². The van der Waals surface area contributed by atoms with Gasteiger partial charge in [0.15, 0.2) is 0 Å². The number of aromatic nitrogens is 2. The van der Waals surface area contributed by atoms with Crippen molar-refractivity contribution in [2.45, 2.75) is 38.5 Å². The predicted molar refractivity (Wildman–Crippen MR) is 156 cm³/mol. The lowest BCUT2D eigenvalue weighted by molar-refractivity contribution is 0.0746. The van der Waals surface area contributed by atoms with Crippen LogP contribution in [-0.4, -0.2) is 61.2 Å². The maximum atomic E-state index is 13.4. The maximum absolute atomic E-state index is 13.4. The standard InChI is InChI=1S/C31H34N4O3S/c1-37-23-18-22(19-24(20-23)38-2)31(36)35-15-13-34(14-16-35)29-28-25-11-7-4-8-12-26(25)39-30(28)33-27(32-29)17-21-9-5-3-6-10-21/h3,5-6,9-10,18-20H,4,7-8,11-17H2,1-2H3. The van der Waals surface area contributed by atoms with E-state index in [0.717, 1.165) is 42.4 Å². The number of methoxy groups -OCH3 is 2. The lowest BCUT2D eigenvalue weighted by Gasteiger charge is -2.36. The van der Waals surface area contributed by atoms with E-state index in [9.17, 15) is 4.79 Å². The molecule has 2 aromatic heterocycles. The predicted octanol–water partition coefficient (Wildman–Crippen LogP) is 5.53. The van der Waals surface area contributed by atoms with Crippen LogP contribution in [0.25, 0.3) is 10.2 Å². The molecule has 0 atom stereocenters. The summed E-state index contributed by atoms with van der Waals surface area (Å²) >= 11 is 1.86. The van der Waals surface area contributed by atoms with Crippen LogP contribution < -0.4 is 14.4 Å². The van der Waals surface area contributed by atoms with E-state index in [1.807, 2.05) is 22.3 Å². The van der Waals surface area contributed by atoms with Gasteiger partial charge < -0.3 is 19.3 Å². The molecule has 2 aliphatic rings. The zero-order valence-corrected chi connectivity index (χ0v) is 23.4. The van der Waals surface area contributed by atoms with E-state index >= 15 is 0 Å². The molecule has 0 unspecified atom stereocenters. The van der Waals surface area contributed by atoms with E-state index in [1.165, 1.54) is 40.7 Å². The van der Waals surface area contributed by atoms with Crippen molar-refractivity contribution >= 4 is 33.3 Å². The van der Waals surface area contributed by atoms with Crippen LogP contribution in [-0.2, 0) is 19.3 Å². The maximum Gasteiger partial charge on any atom is 0.254 e. The number of hydrogen-bond donors (Lipinski definition) is 0. The number of benzene rings is 2. The summed E-state index contributed by atoms with van der Waals surface area (Å²) in [4.78, 5) is 30.5. The van der Waals surface area contributed by atoms with Crippen molar-refractivity contribution in [3.8, 4) is 11.5 Å². The molecule has 202 valence electrons. The number of aryl methyl sites for hydroxylation is 2. The lowest BCUT2D eigenvalue weighted by atomic mass is 10.1. The Morgan fingerprint density at radius 3 is 2.33 bits per heavy atom. The molecule has 6 rings (SSSR count). The van der Waals surface area contributed by atoms with Gasteiger partial charge in [-0.2, -0.15) is 0 Å². The summed E-state index contributed by atoms with van der Waals surface area (Å²) < 4.78 is 10.8. The topological polar surface area (TPSA) is 67.8 Å². The average Bonchev–Trinajstić information content (AvgIpc) is 3.17. The minimum absolute atomic E-state index is 0.00569. The Labute approximate surface area is 233 Å². The number of thiophene rings is 1. The zero-order valence-electron chi connectivity index (χ0n) is 22.6. The molecule has 8 heteroatoms. The van der Waals surface area contributed by atoms with Crippen LogP contribution in [0.4, 0.5) is 5.82 Å². The Kier molecular flexibility index (Phi) is 7.37. The number of amides is 1. The van der Waals surface area contributed by atoms with Gasteiger partial charge >= 0.3 is 0 Å². The Morgan fingerprint density at radius 1 is 0.897 bits per heavy atom. The summed E-state index contributed by atoms with van der Waals surface area (Å²) in [6.07, 6.45) is 6.69. The zero-order chi connectivity index (χ0) is 26.8. The van der Waals surface area contributed by atoms with Crippen LogP contribution in [0, 0.1) is 0 Å². The van der Waals surface area contributed by atoms with Crippen LogP contribution >= 0.6 is 11.3 Å². The van der Waals surface area contributed by atoms with Crippen molar-refractivity contribution in [3.63, 3.8) is 0 Å². The molecular formula is C31H34N4O3S. The van der Waals surface area contributed by atoms with Gasteiger partial charge in [-0.15, -0.1) is 11.3 Å². The fraction of sp³-hybridized carbons (Fsp3) is 0.387. The second-order valence-electron chi connectivity index (χ2n) is 10.3. The van der Waals surface area contributed by atoms with Crippen molar-refractivity contribution < 1.29 is 14.3 Å². The second-order valence-corrected chi connectivity index (χ2v) is 11.3. The van der Waals surface area contributed by atoms with Gasteiger partial charge in [0.2, 0.25) is 0 Å². The molecule has 0 bridgehead atoms. The molecule has 0 radical (unpaired) electrons. The molecule has 39 heavy (non-hydrogen) atoms. The van der Waals surface area contributed by atoms with Crippen LogP contribution in [0.5, 0.6) is 11.5 Å². The summed E-state index contributed by atoms with van der Waals surface area (Å²) in [5.41, 5.74) is 3.25. The van der Waals surface area contributed by atoms with Crippen LogP contribution in [0.1, 0.15) is 51.4 Å². The lowest BCUT2D eigenvalue weighted by Crippen LogP contribution is -2.49. The van der Waals surface area contributed by atoms with Gasteiger partial charge in [-0.1, -0.05) is 36.8 Å². The summed E-state index contributed by atoms with van der Waals surface area (Å²) in [5, 5.41) is 1.24. The van der Waals surface area contributed by atoms with Gasteiger partial charge in [0, 0.05) is 49.1 Å². The summed E-state index contributed by atoms with van der Waals surface area (Å²) in [6, 6.07) is 15.8. The molecule has 1 amide bonds. The third-order valence-electron chi connectivity index (χ3n) is 7.76. The minimum atomic E-state index is -0.00569. The largest absolute Gasteiger partial charge is 0.497 e. The van der Waals surface area contributed by atoms with Crippen molar-refractivity contribution in [1.82, 2.24) is 14.9 Å². The molecule has 0 N–H and O–H groups in total. The molecule has 1 aliphatic carbocycles. The van der Waals surface area contributed by atoms with Crippen LogP contribution in [0.15, 0.2) is 48.5 Å². The van der Waals surface area contributed by atoms with Crippen LogP contribution in [0.2, 0.25) is 0 Å². The van der Waals surface area contributed by atoms with Gasteiger partial charge in [0.25, 0.3) is 5.91 Å². The number of carbonyl (C=O) groups is 1. The van der Waals surface area contributed by atoms with E-state index in [0.29, 0.717) is 36.6 Å². The quantitative estimate of drug-likeness (QED) is 0.299. The van der Waals surface area contributed by atoms with Crippen molar-refractivity contribution in [1.29, 1.82) is 0 Å². The highest BCUT2D eigenvalue weighted by Crippen LogP contribution is 2.39. The molecule has 2 aromatic carbocycles. The average molecular weight is 543 g/mol. The van der Waals surface area contributed by atoms with Crippen molar-refractivity contribution in [2.24, 2.45) is 0 Å². The van der Waals surface area contributed by atoms with E-state index in [-0.39, 0.29) is 5.91 Å². The Bertz CT molecular complexity index is 1460. The van der Waals surface area contributed by atoms with E-state index < -0.39 is 0 Å². The smallest absolute Gasteiger partial charge is 0.254 e. The third-order valence-corrected chi connectivity index (χ3v) is 8.95. The summed E-state index contributed by atoms with van der Waals surface area (Å²) in [7, 11) is 3.20. The first-order valence-corrected chi connectivity index (χ1v) is 14.6. The molecule has 1 fully saturated rings.